The van der Waals surface area contributed by atoms with Gasteiger partial charge >= 0.3 is 5.97 Å². The fraction of sp³-hybridized carbons (Fsp3) is 0. The molecule has 11 heavy (non-hydrogen) atoms. The summed E-state index contributed by atoms with van der Waals surface area (Å²) in [4.78, 5) is 17.5. The Labute approximate surface area is 63.2 Å². The number of rotatable bonds is 2. The summed E-state index contributed by atoms with van der Waals surface area (Å²) >= 11 is 0. The Balaban J connectivity index is 2.72. The molecule has 1 N–H and O–H groups in total. The fourth-order valence-corrected chi connectivity index (χ4v) is 0.564. The van der Waals surface area contributed by atoms with Crippen molar-refractivity contribution in [2.45, 2.75) is 0 Å². The van der Waals surface area contributed by atoms with Gasteiger partial charge in [-0.1, -0.05) is 0 Å². The summed E-state index contributed by atoms with van der Waals surface area (Å²) in [6.07, 6.45) is 6.93. The van der Waals surface area contributed by atoms with Gasteiger partial charge in [-0.2, -0.15) is 0 Å². The maximum absolute atomic E-state index is 10.0. The van der Waals surface area contributed by atoms with Crippen molar-refractivity contribution in [2.24, 2.45) is 0 Å². The monoisotopic (exact) mass is 150 g/mol. The lowest BCUT2D eigenvalue weighted by atomic mass is 10.3. The van der Waals surface area contributed by atoms with Gasteiger partial charge in [0.2, 0.25) is 0 Å². The molecular weight excluding hydrogens is 144 g/mol. The van der Waals surface area contributed by atoms with Crippen LogP contribution in [0.1, 0.15) is 5.56 Å². The molecule has 4 heteroatoms. The lowest BCUT2D eigenvalue weighted by Gasteiger charge is -1.86. The minimum absolute atomic E-state index is 0.676. The van der Waals surface area contributed by atoms with Gasteiger partial charge in [-0.3, -0.25) is 0 Å². The van der Waals surface area contributed by atoms with Gasteiger partial charge in [-0.05, 0) is 6.08 Å². The van der Waals surface area contributed by atoms with Crippen LogP contribution in [0.5, 0.6) is 0 Å². The molecule has 1 rings (SSSR count). The van der Waals surface area contributed by atoms with E-state index in [-0.39, 0.29) is 0 Å². The van der Waals surface area contributed by atoms with Crippen LogP contribution in [0.2, 0.25) is 0 Å². The molecular formula is C7H6N2O2. The highest BCUT2D eigenvalue weighted by atomic mass is 16.4. The van der Waals surface area contributed by atoms with Gasteiger partial charge in [-0.25, -0.2) is 14.8 Å². The molecule has 0 saturated carbocycles. The van der Waals surface area contributed by atoms with E-state index in [2.05, 4.69) is 9.97 Å². The van der Waals surface area contributed by atoms with E-state index in [1.165, 1.54) is 24.8 Å². The van der Waals surface area contributed by atoms with E-state index in [1.807, 2.05) is 0 Å². The molecule has 0 amide bonds. The average Bonchev–Trinajstić information content (AvgIpc) is 2.03. The summed E-state index contributed by atoms with van der Waals surface area (Å²) in [5.41, 5.74) is 0.676. The van der Waals surface area contributed by atoms with Gasteiger partial charge < -0.3 is 5.11 Å². The first-order valence-electron chi connectivity index (χ1n) is 2.95. The third-order valence-corrected chi connectivity index (χ3v) is 0.999. The molecule has 0 aliphatic carbocycles. The van der Waals surface area contributed by atoms with Crippen molar-refractivity contribution in [1.82, 2.24) is 9.97 Å². The molecule has 0 aliphatic rings. The van der Waals surface area contributed by atoms with Crippen LogP contribution < -0.4 is 0 Å². The van der Waals surface area contributed by atoms with Crippen molar-refractivity contribution in [3.05, 3.63) is 30.4 Å². The molecule has 0 radical (unpaired) electrons. The number of carboxylic acids is 1. The zero-order valence-electron chi connectivity index (χ0n) is 5.64. The summed E-state index contributed by atoms with van der Waals surface area (Å²) in [6, 6.07) is 0. The lowest BCUT2D eigenvalue weighted by Crippen LogP contribution is -1.86. The van der Waals surface area contributed by atoms with Crippen molar-refractivity contribution in [3.63, 3.8) is 0 Å². The van der Waals surface area contributed by atoms with Crippen molar-refractivity contribution in [3.8, 4) is 0 Å². The summed E-state index contributed by atoms with van der Waals surface area (Å²) in [7, 11) is 0. The van der Waals surface area contributed by atoms with Gasteiger partial charge in [0.25, 0.3) is 0 Å². The highest BCUT2D eigenvalue weighted by Gasteiger charge is 1.87. The molecule has 0 aliphatic heterocycles. The van der Waals surface area contributed by atoms with Gasteiger partial charge in [0.1, 0.15) is 6.33 Å². The highest BCUT2D eigenvalue weighted by Crippen LogP contribution is 1.95. The van der Waals surface area contributed by atoms with Crippen molar-refractivity contribution < 1.29 is 9.90 Å². The first-order valence-corrected chi connectivity index (χ1v) is 2.95. The number of carbonyl (C=O) groups is 1. The number of hydrogen-bond donors (Lipinski definition) is 1. The van der Waals surface area contributed by atoms with Crippen LogP contribution in [0.3, 0.4) is 0 Å². The van der Waals surface area contributed by atoms with Crippen LogP contribution in [-0.4, -0.2) is 21.0 Å². The smallest absolute Gasteiger partial charge is 0.328 e. The predicted molar refractivity (Wildman–Crippen MR) is 38.7 cm³/mol. The molecule has 56 valence electrons. The summed E-state index contributed by atoms with van der Waals surface area (Å²) in [5.74, 6) is -0.978. The zero-order chi connectivity index (χ0) is 8.10. The quantitative estimate of drug-likeness (QED) is 0.626. The number of hydrogen-bond acceptors (Lipinski definition) is 3. The van der Waals surface area contributed by atoms with Crippen LogP contribution in [0.15, 0.2) is 24.8 Å². The van der Waals surface area contributed by atoms with Gasteiger partial charge in [0, 0.05) is 24.0 Å². The lowest BCUT2D eigenvalue weighted by molar-refractivity contribution is -0.131. The van der Waals surface area contributed by atoms with Crippen LogP contribution in [0.25, 0.3) is 6.08 Å². The van der Waals surface area contributed by atoms with Crippen molar-refractivity contribution in [2.75, 3.05) is 0 Å². The number of aromatic nitrogens is 2. The summed E-state index contributed by atoms with van der Waals surface area (Å²) in [5, 5.41) is 8.25. The minimum atomic E-state index is -0.978. The molecule has 1 heterocycles. The maximum atomic E-state index is 10.0. The SMILES string of the molecule is O=C(O)C=Cc1cncnc1. The second-order valence-corrected chi connectivity index (χ2v) is 1.84. The van der Waals surface area contributed by atoms with Crippen molar-refractivity contribution >= 4 is 12.0 Å². The van der Waals surface area contributed by atoms with Gasteiger partial charge in [-0.15, -0.1) is 0 Å². The molecule has 1 aromatic heterocycles. The standard InChI is InChI=1S/C7H6N2O2/c10-7(11)2-1-6-3-8-5-9-4-6/h1-5H,(H,10,11). The fourth-order valence-electron chi connectivity index (χ4n) is 0.564. The molecule has 0 bridgehead atoms. The molecule has 0 saturated heterocycles. The van der Waals surface area contributed by atoms with Crippen LogP contribution in [-0.2, 0) is 4.79 Å². The van der Waals surface area contributed by atoms with E-state index in [1.54, 1.807) is 0 Å². The number of nitrogens with zero attached hydrogens (tertiary/aromatic N) is 2. The topological polar surface area (TPSA) is 63.1 Å². The third kappa shape index (κ3) is 2.57. The zero-order valence-corrected chi connectivity index (χ0v) is 5.64. The molecule has 0 aromatic carbocycles. The summed E-state index contributed by atoms with van der Waals surface area (Å²) < 4.78 is 0. The normalized spacial score (nSPS) is 10.2. The highest BCUT2D eigenvalue weighted by molar-refractivity contribution is 5.85. The van der Waals surface area contributed by atoms with E-state index in [0.717, 1.165) is 6.08 Å². The Kier molecular flexibility index (Phi) is 2.32. The van der Waals surface area contributed by atoms with E-state index in [4.69, 9.17) is 5.11 Å². The predicted octanol–water partition coefficient (Wildman–Crippen LogP) is 0.574. The third-order valence-electron chi connectivity index (χ3n) is 0.999. The van der Waals surface area contributed by atoms with E-state index in [9.17, 15) is 4.79 Å². The Hall–Kier alpha value is -1.71. The molecule has 1 aromatic rings. The van der Waals surface area contributed by atoms with Crippen LogP contribution >= 0.6 is 0 Å². The van der Waals surface area contributed by atoms with E-state index >= 15 is 0 Å². The first-order chi connectivity index (χ1) is 5.29. The molecule has 4 nitrogen and oxygen atoms in total. The minimum Gasteiger partial charge on any atom is -0.478 e. The molecule has 0 fully saturated rings. The summed E-state index contributed by atoms with van der Waals surface area (Å²) in [6.45, 7) is 0. The molecule has 0 spiro atoms. The molecule has 0 unspecified atom stereocenters. The van der Waals surface area contributed by atoms with Gasteiger partial charge in [0.15, 0.2) is 0 Å². The number of carboxylic acid groups (broad SMARTS) is 1. The largest absolute Gasteiger partial charge is 0.478 e. The average molecular weight is 150 g/mol. The Morgan fingerprint density at radius 2 is 2.09 bits per heavy atom. The Bertz CT molecular complexity index is 269. The van der Waals surface area contributed by atoms with Crippen LogP contribution in [0.4, 0.5) is 0 Å². The maximum Gasteiger partial charge on any atom is 0.328 e. The Morgan fingerprint density at radius 3 is 2.64 bits per heavy atom. The second-order valence-electron chi connectivity index (χ2n) is 1.84. The first kappa shape index (κ1) is 7.40. The van der Waals surface area contributed by atoms with Gasteiger partial charge in [0.05, 0.1) is 0 Å². The molecule has 0 atom stereocenters. The Morgan fingerprint density at radius 1 is 1.45 bits per heavy atom. The van der Waals surface area contributed by atoms with Crippen LogP contribution in [0, 0.1) is 0 Å². The second kappa shape index (κ2) is 3.46. The van der Waals surface area contributed by atoms with Crippen molar-refractivity contribution in [1.29, 1.82) is 0 Å². The number of aliphatic carboxylic acids is 1. The van der Waals surface area contributed by atoms with E-state index < -0.39 is 5.97 Å². The van der Waals surface area contributed by atoms with E-state index in [0.29, 0.717) is 5.56 Å².